The van der Waals surface area contributed by atoms with E-state index >= 15 is 0 Å². The van der Waals surface area contributed by atoms with Crippen molar-refractivity contribution in [2.75, 3.05) is 24.7 Å². The highest BCUT2D eigenvalue weighted by Crippen LogP contribution is 2.14. The molecule has 0 atom stereocenters. The number of hydrogen-bond acceptors (Lipinski definition) is 4. The molecule has 21 heavy (non-hydrogen) atoms. The summed E-state index contributed by atoms with van der Waals surface area (Å²) in [5.74, 6) is 0.870. The molecule has 0 unspecified atom stereocenters. The van der Waals surface area contributed by atoms with Crippen LogP contribution in [0.1, 0.15) is 6.42 Å². The fourth-order valence-electron chi connectivity index (χ4n) is 1.83. The quantitative estimate of drug-likeness (QED) is 0.799. The first kappa shape index (κ1) is 15.4. The normalized spacial score (nSPS) is 11.1. The molecule has 0 heterocycles. The minimum atomic E-state index is -3.13. The molecular formula is C16H19NO3S. The van der Waals surface area contributed by atoms with Crippen LogP contribution < -0.4 is 10.1 Å². The average molecular weight is 305 g/mol. The zero-order valence-corrected chi connectivity index (χ0v) is 12.8. The van der Waals surface area contributed by atoms with Crippen LogP contribution in [0.4, 0.5) is 5.69 Å². The summed E-state index contributed by atoms with van der Waals surface area (Å²) in [5.41, 5.74) is 0.905. The third-order valence-electron chi connectivity index (χ3n) is 2.94. The molecule has 5 heteroatoms. The van der Waals surface area contributed by atoms with Crippen molar-refractivity contribution in [2.24, 2.45) is 0 Å². The van der Waals surface area contributed by atoms with E-state index in [-0.39, 0.29) is 0 Å². The van der Waals surface area contributed by atoms with Crippen molar-refractivity contribution in [3.05, 3.63) is 54.6 Å². The van der Waals surface area contributed by atoms with E-state index in [1.165, 1.54) is 6.26 Å². The molecule has 0 fully saturated rings. The van der Waals surface area contributed by atoms with Gasteiger partial charge in [0.15, 0.2) is 9.84 Å². The van der Waals surface area contributed by atoms with Crippen molar-refractivity contribution in [3.63, 3.8) is 0 Å². The third-order valence-corrected chi connectivity index (χ3v) is 4.07. The summed E-state index contributed by atoms with van der Waals surface area (Å²) in [5, 5.41) is 3.23. The Morgan fingerprint density at radius 2 is 1.67 bits per heavy atom. The summed E-state index contributed by atoms with van der Waals surface area (Å²) in [6, 6.07) is 16.5. The molecule has 0 aliphatic carbocycles. The van der Waals surface area contributed by atoms with E-state index in [1.807, 2.05) is 30.3 Å². The van der Waals surface area contributed by atoms with Crippen molar-refractivity contribution >= 4 is 15.5 Å². The smallest absolute Gasteiger partial charge is 0.175 e. The van der Waals surface area contributed by atoms with Gasteiger partial charge in [0, 0.05) is 18.5 Å². The van der Waals surface area contributed by atoms with E-state index in [1.54, 1.807) is 24.3 Å². The number of para-hydroxylation sites is 1. The molecule has 0 saturated carbocycles. The molecule has 2 rings (SSSR count). The first-order valence-electron chi connectivity index (χ1n) is 6.77. The maximum atomic E-state index is 11.3. The minimum absolute atomic E-state index is 0.334. The fourth-order valence-corrected chi connectivity index (χ4v) is 2.46. The van der Waals surface area contributed by atoms with Gasteiger partial charge in [-0.25, -0.2) is 8.42 Å². The summed E-state index contributed by atoms with van der Waals surface area (Å²) in [4.78, 5) is 0.334. The largest absolute Gasteiger partial charge is 0.494 e. The van der Waals surface area contributed by atoms with Crippen molar-refractivity contribution in [2.45, 2.75) is 11.3 Å². The van der Waals surface area contributed by atoms with Gasteiger partial charge in [-0.15, -0.1) is 0 Å². The number of rotatable bonds is 7. The van der Waals surface area contributed by atoms with Gasteiger partial charge in [0.05, 0.1) is 11.5 Å². The van der Waals surface area contributed by atoms with Crippen LogP contribution in [0.3, 0.4) is 0 Å². The molecule has 2 aromatic rings. The van der Waals surface area contributed by atoms with Gasteiger partial charge >= 0.3 is 0 Å². The van der Waals surface area contributed by atoms with Crippen LogP contribution in [0.2, 0.25) is 0 Å². The Morgan fingerprint density at radius 1 is 1.00 bits per heavy atom. The van der Waals surface area contributed by atoms with E-state index in [2.05, 4.69) is 5.32 Å². The summed E-state index contributed by atoms with van der Waals surface area (Å²) in [6.07, 6.45) is 2.07. The molecule has 0 aromatic heterocycles. The van der Waals surface area contributed by atoms with Crippen LogP contribution in [0.25, 0.3) is 0 Å². The van der Waals surface area contributed by atoms with Gasteiger partial charge in [-0.2, -0.15) is 0 Å². The van der Waals surface area contributed by atoms with Gasteiger partial charge in [0.25, 0.3) is 0 Å². The van der Waals surface area contributed by atoms with E-state index in [9.17, 15) is 8.42 Å². The number of ether oxygens (including phenoxy) is 1. The molecule has 1 N–H and O–H groups in total. The zero-order chi connectivity index (χ0) is 15.1. The Balaban J connectivity index is 1.71. The lowest BCUT2D eigenvalue weighted by molar-refractivity contribution is 0.315. The van der Waals surface area contributed by atoms with Crippen LogP contribution >= 0.6 is 0 Å². The third kappa shape index (κ3) is 5.11. The first-order valence-corrected chi connectivity index (χ1v) is 8.67. The Kier molecular flexibility index (Phi) is 5.22. The van der Waals surface area contributed by atoms with E-state index in [0.717, 1.165) is 24.4 Å². The highest BCUT2D eigenvalue weighted by atomic mass is 32.2. The second-order valence-electron chi connectivity index (χ2n) is 4.74. The second kappa shape index (κ2) is 7.13. The summed E-state index contributed by atoms with van der Waals surface area (Å²) in [6.45, 7) is 1.41. The maximum Gasteiger partial charge on any atom is 0.175 e. The average Bonchev–Trinajstić information content (AvgIpc) is 2.47. The van der Waals surface area contributed by atoms with Crippen LogP contribution in [0, 0.1) is 0 Å². The molecule has 4 nitrogen and oxygen atoms in total. The van der Waals surface area contributed by atoms with E-state index < -0.39 is 9.84 Å². The molecule has 0 amide bonds. The molecule has 0 aliphatic rings. The summed E-state index contributed by atoms with van der Waals surface area (Å²) >= 11 is 0. The van der Waals surface area contributed by atoms with Gasteiger partial charge in [0.2, 0.25) is 0 Å². The van der Waals surface area contributed by atoms with Crippen molar-refractivity contribution in [3.8, 4) is 5.75 Å². The van der Waals surface area contributed by atoms with E-state index in [0.29, 0.717) is 11.5 Å². The van der Waals surface area contributed by atoms with Crippen molar-refractivity contribution in [1.29, 1.82) is 0 Å². The lowest BCUT2D eigenvalue weighted by Crippen LogP contribution is -2.07. The number of hydrogen-bond donors (Lipinski definition) is 1. The van der Waals surface area contributed by atoms with E-state index in [4.69, 9.17) is 4.74 Å². The Morgan fingerprint density at radius 3 is 2.29 bits per heavy atom. The Bertz CT molecular complexity index is 652. The lowest BCUT2D eigenvalue weighted by Gasteiger charge is -2.08. The minimum Gasteiger partial charge on any atom is -0.494 e. The lowest BCUT2D eigenvalue weighted by atomic mass is 10.3. The van der Waals surface area contributed by atoms with Gasteiger partial charge in [-0.3, -0.25) is 0 Å². The van der Waals surface area contributed by atoms with Crippen molar-refractivity contribution in [1.82, 2.24) is 0 Å². The first-order chi connectivity index (χ1) is 10.1. The fraction of sp³-hybridized carbons (Fsp3) is 0.250. The Labute approximate surface area is 125 Å². The summed E-state index contributed by atoms with van der Waals surface area (Å²) < 4.78 is 28.3. The molecule has 2 aromatic carbocycles. The van der Waals surface area contributed by atoms with Crippen LogP contribution in [-0.2, 0) is 9.84 Å². The number of anilines is 1. The SMILES string of the molecule is CS(=O)(=O)c1ccc(NCCCOc2ccccc2)cc1. The molecular weight excluding hydrogens is 286 g/mol. The molecule has 0 aliphatic heterocycles. The standard InChI is InChI=1S/C16H19NO3S/c1-21(18,19)16-10-8-14(9-11-16)17-12-5-13-20-15-6-3-2-4-7-15/h2-4,6-11,17H,5,12-13H2,1H3. The topological polar surface area (TPSA) is 55.4 Å². The summed E-state index contributed by atoms with van der Waals surface area (Å²) in [7, 11) is -3.13. The second-order valence-corrected chi connectivity index (χ2v) is 6.75. The molecule has 0 radical (unpaired) electrons. The number of benzene rings is 2. The van der Waals surface area contributed by atoms with Crippen LogP contribution in [-0.4, -0.2) is 27.8 Å². The number of nitrogens with one attached hydrogen (secondary N) is 1. The van der Waals surface area contributed by atoms with Gasteiger partial charge in [-0.1, -0.05) is 18.2 Å². The monoisotopic (exact) mass is 305 g/mol. The molecule has 112 valence electrons. The van der Waals surface area contributed by atoms with Crippen LogP contribution in [0.5, 0.6) is 5.75 Å². The number of sulfone groups is 1. The van der Waals surface area contributed by atoms with Crippen LogP contribution in [0.15, 0.2) is 59.5 Å². The van der Waals surface area contributed by atoms with Gasteiger partial charge < -0.3 is 10.1 Å². The molecule has 0 spiro atoms. The zero-order valence-electron chi connectivity index (χ0n) is 12.0. The molecule has 0 saturated heterocycles. The van der Waals surface area contributed by atoms with Gasteiger partial charge in [-0.05, 0) is 42.8 Å². The van der Waals surface area contributed by atoms with Gasteiger partial charge in [0.1, 0.15) is 5.75 Å². The van der Waals surface area contributed by atoms with Crippen molar-refractivity contribution < 1.29 is 13.2 Å². The maximum absolute atomic E-state index is 11.3. The predicted octanol–water partition coefficient (Wildman–Crippen LogP) is 2.97. The highest BCUT2D eigenvalue weighted by molar-refractivity contribution is 7.90. The predicted molar refractivity (Wildman–Crippen MR) is 84.6 cm³/mol. The molecule has 0 bridgehead atoms. The highest BCUT2D eigenvalue weighted by Gasteiger charge is 2.05. The Hall–Kier alpha value is -2.01.